The summed E-state index contributed by atoms with van der Waals surface area (Å²) in [5, 5.41) is 37.9. The van der Waals surface area contributed by atoms with Crippen molar-refractivity contribution in [3.05, 3.63) is 17.2 Å². The first-order valence-corrected chi connectivity index (χ1v) is 6.92. The highest BCUT2D eigenvalue weighted by atomic mass is 16.4. The van der Waals surface area contributed by atoms with Gasteiger partial charge in [-0.05, 0) is 24.8 Å². The molecule has 4 N–H and O–H groups in total. The number of benzene rings is 1. The smallest absolute Gasteiger partial charge is 0.336 e. The Morgan fingerprint density at radius 1 is 1.15 bits per heavy atom. The van der Waals surface area contributed by atoms with E-state index < -0.39 is 23.2 Å². The maximum atomic E-state index is 11.2. The Bertz CT molecular complexity index is 482. The molecule has 5 heteroatoms. The molecule has 20 heavy (non-hydrogen) atoms. The molecule has 0 bridgehead atoms. The molecule has 0 aliphatic heterocycles. The second-order valence-electron chi connectivity index (χ2n) is 5.03. The molecule has 1 unspecified atom stereocenters. The van der Waals surface area contributed by atoms with Crippen LogP contribution in [0.5, 0.6) is 17.2 Å². The quantitative estimate of drug-likeness (QED) is 0.575. The van der Waals surface area contributed by atoms with Gasteiger partial charge >= 0.3 is 5.97 Å². The summed E-state index contributed by atoms with van der Waals surface area (Å²) < 4.78 is 0. The van der Waals surface area contributed by atoms with Crippen LogP contribution in [-0.4, -0.2) is 26.4 Å². The number of rotatable bonds is 7. The van der Waals surface area contributed by atoms with Crippen molar-refractivity contribution in [2.24, 2.45) is 5.92 Å². The van der Waals surface area contributed by atoms with E-state index in [9.17, 15) is 20.1 Å². The Balaban J connectivity index is 3.04. The maximum Gasteiger partial charge on any atom is 0.336 e. The summed E-state index contributed by atoms with van der Waals surface area (Å²) in [5.41, 5.74) is 0.0199. The topological polar surface area (TPSA) is 98.0 Å². The van der Waals surface area contributed by atoms with Crippen LogP contribution in [0.4, 0.5) is 0 Å². The van der Waals surface area contributed by atoms with Gasteiger partial charge in [-0.25, -0.2) is 4.79 Å². The van der Waals surface area contributed by atoms with Gasteiger partial charge in [-0.1, -0.05) is 33.1 Å². The standard InChI is InChI=1S/C15H22O5/c1-3-5-9(4-2)6-7-10-11(15(19)20)8-12(16)14(18)13(10)17/h8-9,16-18H,3-7H2,1-2H3,(H,19,20). The van der Waals surface area contributed by atoms with Crippen LogP contribution in [0.25, 0.3) is 0 Å². The molecule has 1 atom stereocenters. The summed E-state index contributed by atoms with van der Waals surface area (Å²) in [5.74, 6) is -2.59. The zero-order chi connectivity index (χ0) is 15.3. The number of aromatic carboxylic acids is 1. The van der Waals surface area contributed by atoms with Gasteiger partial charge in [-0.15, -0.1) is 0 Å². The monoisotopic (exact) mass is 282 g/mol. The van der Waals surface area contributed by atoms with Crippen molar-refractivity contribution >= 4 is 5.97 Å². The summed E-state index contributed by atoms with van der Waals surface area (Å²) in [6, 6.07) is 0.980. The minimum Gasteiger partial charge on any atom is -0.504 e. The minimum absolute atomic E-state index is 0.163. The molecule has 0 heterocycles. The fourth-order valence-electron chi connectivity index (χ4n) is 2.44. The molecule has 0 aliphatic carbocycles. The highest BCUT2D eigenvalue weighted by Crippen LogP contribution is 2.40. The molecule has 1 aromatic rings. The Morgan fingerprint density at radius 3 is 2.30 bits per heavy atom. The second-order valence-corrected chi connectivity index (χ2v) is 5.03. The van der Waals surface area contributed by atoms with Crippen molar-refractivity contribution in [3.8, 4) is 17.2 Å². The number of hydrogen-bond acceptors (Lipinski definition) is 4. The molecule has 0 aromatic heterocycles. The number of aromatic hydroxyl groups is 3. The molecule has 0 aliphatic rings. The molecular formula is C15H22O5. The Hall–Kier alpha value is -1.91. The normalized spacial score (nSPS) is 12.3. The molecule has 5 nitrogen and oxygen atoms in total. The fourth-order valence-corrected chi connectivity index (χ4v) is 2.44. The lowest BCUT2D eigenvalue weighted by Crippen LogP contribution is -2.06. The van der Waals surface area contributed by atoms with E-state index in [1.807, 2.05) is 0 Å². The molecular weight excluding hydrogens is 260 g/mol. The summed E-state index contributed by atoms with van der Waals surface area (Å²) in [4.78, 5) is 11.2. The van der Waals surface area contributed by atoms with E-state index >= 15 is 0 Å². The molecule has 0 saturated heterocycles. The van der Waals surface area contributed by atoms with Crippen LogP contribution >= 0.6 is 0 Å². The number of phenolic OH excluding ortho intramolecular Hbond substituents is 3. The third-order valence-corrected chi connectivity index (χ3v) is 3.67. The lowest BCUT2D eigenvalue weighted by atomic mass is 9.91. The van der Waals surface area contributed by atoms with Gasteiger partial charge < -0.3 is 20.4 Å². The second kappa shape index (κ2) is 7.03. The number of carboxylic acids is 1. The van der Waals surface area contributed by atoms with Crippen LogP contribution < -0.4 is 0 Å². The lowest BCUT2D eigenvalue weighted by Gasteiger charge is -2.16. The van der Waals surface area contributed by atoms with E-state index in [-0.39, 0.29) is 11.1 Å². The minimum atomic E-state index is -1.23. The van der Waals surface area contributed by atoms with Crippen LogP contribution in [0, 0.1) is 5.92 Å². The van der Waals surface area contributed by atoms with E-state index in [0.717, 1.165) is 31.7 Å². The van der Waals surface area contributed by atoms with Crippen molar-refractivity contribution in [1.82, 2.24) is 0 Å². The molecule has 1 rings (SSSR count). The van der Waals surface area contributed by atoms with E-state index in [0.29, 0.717) is 12.3 Å². The van der Waals surface area contributed by atoms with Crippen molar-refractivity contribution in [3.63, 3.8) is 0 Å². The van der Waals surface area contributed by atoms with Gasteiger partial charge in [-0.2, -0.15) is 0 Å². The highest BCUT2D eigenvalue weighted by Gasteiger charge is 2.21. The molecule has 112 valence electrons. The van der Waals surface area contributed by atoms with E-state index in [1.54, 1.807) is 0 Å². The van der Waals surface area contributed by atoms with Gasteiger partial charge in [0.15, 0.2) is 11.5 Å². The number of phenols is 3. The van der Waals surface area contributed by atoms with E-state index in [2.05, 4.69) is 13.8 Å². The van der Waals surface area contributed by atoms with Crippen molar-refractivity contribution in [1.29, 1.82) is 0 Å². The number of carboxylic acid groups (broad SMARTS) is 1. The highest BCUT2D eigenvalue weighted by molar-refractivity contribution is 5.91. The van der Waals surface area contributed by atoms with Crippen molar-refractivity contribution in [2.45, 2.75) is 46.0 Å². The van der Waals surface area contributed by atoms with Gasteiger partial charge in [0, 0.05) is 5.56 Å². The molecule has 0 spiro atoms. The molecule has 1 aromatic carbocycles. The Morgan fingerprint density at radius 2 is 1.80 bits per heavy atom. The lowest BCUT2D eigenvalue weighted by molar-refractivity contribution is 0.0694. The molecule has 0 amide bonds. The Kier molecular flexibility index (Phi) is 5.67. The van der Waals surface area contributed by atoms with E-state index in [4.69, 9.17) is 5.11 Å². The fraction of sp³-hybridized carbons (Fsp3) is 0.533. The third-order valence-electron chi connectivity index (χ3n) is 3.67. The first-order chi connectivity index (χ1) is 9.42. The zero-order valence-electron chi connectivity index (χ0n) is 11.9. The predicted molar refractivity (Wildman–Crippen MR) is 75.4 cm³/mol. The van der Waals surface area contributed by atoms with E-state index in [1.165, 1.54) is 0 Å². The summed E-state index contributed by atoms with van der Waals surface area (Å²) in [7, 11) is 0. The Labute approximate surface area is 118 Å². The number of hydrogen-bond donors (Lipinski definition) is 4. The van der Waals surface area contributed by atoms with Crippen molar-refractivity contribution < 1.29 is 25.2 Å². The van der Waals surface area contributed by atoms with Crippen LogP contribution in [0.3, 0.4) is 0 Å². The molecule has 0 fully saturated rings. The van der Waals surface area contributed by atoms with Crippen LogP contribution in [0.15, 0.2) is 6.07 Å². The first-order valence-electron chi connectivity index (χ1n) is 6.92. The summed E-state index contributed by atoms with van der Waals surface area (Å²) >= 11 is 0. The first kappa shape index (κ1) is 16.1. The third kappa shape index (κ3) is 3.56. The van der Waals surface area contributed by atoms with Gasteiger partial charge in [0.2, 0.25) is 5.75 Å². The van der Waals surface area contributed by atoms with Crippen LogP contribution in [0.2, 0.25) is 0 Å². The average Bonchev–Trinajstić information content (AvgIpc) is 2.41. The zero-order valence-corrected chi connectivity index (χ0v) is 11.9. The molecule has 0 radical (unpaired) electrons. The average molecular weight is 282 g/mol. The van der Waals surface area contributed by atoms with Gasteiger partial charge in [0.25, 0.3) is 0 Å². The van der Waals surface area contributed by atoms with Crippen LogP contribution in [0.1, 0.15) is 55.5 Å². The summed E-state index contributed by atoms with van der Waals surface area (Å²) in [6.07, 6.45) is 4.18. The maximum absolute atomic E-state index is 11.2. The van der Waals surface area contributed by atoms with Gasteiger partial charge in [-0.3, -0.25) is 0 Å². The number of carbonyl (C=O) groups is 1. The van der Waals surface area contributed by atoms with Crippen LogP contribution in [-0.2, 0) is 6.42 Å². The van der Waals surface area contributed by atoms with Gasteiger partial charge in [0.05, 0.1) is 5.56 Å². The predicted octanol–water partition coefficient (Wildman–Crippen LogP) is 3.26. The SMILES string of the molecule is CCCC(CC)CCc1c(C(=O)O)cc(O)c(O)c1O. The van der Waals surface area contributed by atoms with Gasteiger partial charge in [0.1, 0.15) is 0 Å². The summed E-state index contributed by atoms with van der Waals surface area (Å²) in [6.45, 7) is 4.17. The largest absolute Gasteiger partial charge is 0.504 e. The van der Waals surface area contributed by atoms with Crippen molar-refractivity contribution in [2.75, 3.05) is 0 Å². The molecule has 0 saturated carbocycles.